The lowest BCUT2D eigenvalue weighted by atomic mass is 9.99. The van der Waals surface area contributed by atoms with Crippen LogP contribution in [0.2, 0.25) is 0 Å². The van der Waals surface area contributed by atoms with E-state index < -0.39 is 16.9 Å². The van der Waals surface area contributed by atoms with E-state index in [1.54, 1.807) is 28.8 Å². The van der Waals surface area contributed by atoms with Gasteiger partial charge in [0.15, 0.2) is 0 Å². The van der Waals surface area contributed by atoms with Crippen LogP contribution in [0.25, 0.3) is 16.9 Å². The van der Waals surface area contributed by atoms with Crippen molar-refractivity contribution >= 4 is 29.4 Å². The van der Waals surface area contributed by atoms with Crippen molar-refractivity contribution in [3.63, 3.8) is 0 Å². The Kier molecular flexibility index (Phi) is 7.49. The molecule has 41 heavy (non-hydrogen) atoms. The molecule has 0 aliphatic carbocycles. The minimum absolute atomic E-state index is 0.000283. The summed E-state index contributed by atoms with van der Waals surface area (Å²) in [6.07, 6.45) is 1.85. The lowest BCUT2D eigenvalue weighted by Gasteiger charge is -2.25. The van der Waals surface area contributed by atoms with E-state index in [9.17, 15) is 14.0 Å². The molecule has 4 aromatic rings. The van der Waals surface area contributed by atoms with Crippen LogP contribution in [0.1, 0.15) is 29.2 Å². The van der Waals surface area contributed by atoms with Crippen LogP contribution in [-0.2, 0) is 9.59 Å². The summed E-state index contributed by atoms with van der Waals surface area (Å²) in [5.74, 6) is -0.792. The Hall–Kier alpha value is -4.18. The monoisotopic (exact) mass is 574 g/mol. The fourth-order valence-corrected chi connectivity index (χ4v) is 6.61. The van der Waals surface area contributed by atoms with Crippen LogP contribution in [0.15, 0.2) is 72.8 Å². The highest BCUT2D eigenvalue weighted by molar-refractivity contribution is 8.00. The first-order chi connectivity index (χ1) is 19.9. The van der Waals surface area contributed by atoms with E-state index in [0.29, 0.717) is 41.6 Å². The minimum Gasteiger partial charge on any atom is -0.497 e. The number of likely N-dealkylation sites (tertiary alicyclic amines) is 1. The molecule has 0 unspecified atom stereocenters. The predicted molar refractivity (Wildman–Crippen MR) is 154 cm³/mol. The Labute approximate surface area is 240 Å². The van der Waals surface area contributed by atoms with Crippen molar-refractivity contribution in [2.45, 2.75) is 18.1 Å². The predicted octanol–water partition coefficient (Wildman–Crippen LogP) is 5.62. The molecule has 210 valence electrons. The summed E-state index contributed by atoms with van der Waals surface area (Å²) in [5, 5.41) is 4.30. The smallest absolute Gasteiger partial charge is 0.242 e. The van der Waals surface area contributed by atoms with Crippen molar-refractivity contribution in [1.82, 2.24) is 14.7 Å². The number of hydrogen-bond donors (Lipinski definition) is 0. The fraction of sp³-hybridized carbons (Fsp3) is 0.258. The molecule has 3 aromatic carbocycles. The third-order valence-corrected chi connectivity index (χ3v) is 8.69. The number of amides is 2. The number of hydrogen-bond acceptors (Lipinski definition) is 5. The van der Waals surface area contributed by atoms with Crippen LogP contribution in [0, 0.1) is 11.6 Å². The molecule has 3 heterocycles. The average molecular weight is 575 g/mol. The third-order valence-electron chi connectivity index (χ3n) is 7.45. The van der Waals surface area contributed by atoms with Crippen molar-refractivity contribution < 1.29 is 23.1 Å². The Morgan fingerprint density at radius 3 is 2.44 bits per heavy atom. The second-order valence-corrected chi connectivity index (χ2v) is 11.1. The number of anilines is 1. The molecule has 0 N–H and O–H groups in total. The second-order valence-electron chi connectivity index (χ2n) is 9.99. The molecule has 6 rings (SSSR count). The van der Waals surface area contributed by atoms with E-state index in [0.717, 1.165) is 24.5 Å². The van der Waals surface area contributed by atoms with E-state index in [1.165, 1.54) is 28.8 Å². The summed E-state index contributed by atoms with van der Waals surface area (Å²) in [4.78, 5) is 30.5. The molecular formula is C31H28F2N4O3S. The first-order valence-electron chi connectivity index (χ1n) is 13.4. The van der Waals surface area contributed by atoms with E-state index >= 15 is 4.39 Å². The van der Waals surface area contributed by atoms with Gasteiger partial charge in [0.2, 0.25) is 11.8 Å². The number of carbonyl (C=O) groups excluding carboxylic acids is 2. The molecule has 1 atom stereocenters. The number of thioether (sulfide) groups is 1. The molecule has 7 nitrogen and oxygen atoms in total. The topological polar surface area (TPSA) is 67.7 Å². The van der Waals surface area contributed by atoms with Crippen molar-refractivity contribution in [3.05, 3.63) is 95.6 Å². The number of carbonyl (C=O) groups is 2. The SMILES string of the molecule is COc1ccc(-n2nc(-c3ccccc3)c3c2N(CC(=O)N2CCCC2)C(=O)CS[C@H]3c2ccc(F)cc2F)cc1. The highest BCUT2D eigenvalue weighted by atomic mass is 32.2. The molecule has 0 spiro atoms. The number of rotatable bonds is 6. The van der Waals surface area contributed by atoms with Crippen LogP contribution >= 0.6 is 11.8 Å². The Bertz CT molecular complexity index is 1590. The molecule has 10 heteroatoms. The van der Waals surface area contributed by atoms with Gasteiger partial charge in [-0.1, -0.05) is 36.4 Å². The number of methoxy groups -OCH3 is 1. The average Bonchev–Trinajstić information content (AvgIpc) is 3.64. The Morgan fingerprint density at radius 1 is 1.02 bits per heavy atom. The number of nitrogens with zero attached hydrogens (tertiary/aromatic N) is 4. The van der Waals surface area contributed by atoms with Gasteiger partial charge >= 0.3 is 0 Å². The molecule has 1 aromatic heterocycles. The van der Waals surface area contributed by atoms with Gasteiger partial charge < -0.3 is 9.64 Å². The summed E-state index contributed by atoms with van der Waals surface area (Å²) in [6.45, 7) is 1.14. The maximum absolute atomic E-state index is 15.4. The van der Waals surface area contributed by atoms with Gasteiger partial charge in [-0.15, -0.1) is 11.8 Å². The third kappa shape index (κ3) is 5.19. The molecule has 1 saturated heterocycles. The van der Waals surface area contributed by atoms with Gasteiger partial charge in [0.1, 0.15) is 29.7 Å². The zero-order valence-electron chi connectivity index (χ0n) is 22.4. The van der Waals surface area contributed by atoms with Gasteiger partial charge in [-0.2, -0.15) is 5.10 Å². The van der Waals surface area contributed by atoms with Crippen molar-refractivity contribution in [1.29, 1.82) is 0 Å². The molecule has 0 radical (unpaired) electrons. The maximum Gasteiger partial charge on any atom is 0.242 e. The summed E-state index contributed by atoms with van der Waals surface area (Å²) < 4.78 is 36.3. The summed E-state index contributed by atoms with van der Waals surface area (Å²) in [7, 11) is 1.58. The van der Waals surface area contributed by atoms with Crippen LogP contribution < -0.4 is 9.64 Å². The quantitative estimate of drug-likeness (QED) is 0.299. The Balaban J connectivity index is 1.61. The highest BCUT2D eigenvalue weighted by Crippen LogP contribution is 2.49. The molecule has 2 aliphatic heterocycles. The number of benzene rings is 3. The Morgan fingerprint density at radius 2 is 1.76 bits per heavy atom. The lowest BCUT2D eigenvalue weighted by molar-refractivity contribution is -0.130. The van der Waals surface area contributed by atoms with Gasteiger partial charge in [0, 0.05) is 35.8 Å². The number of halogens is 2. The van der Waals surface area contributed by atoms with E-state index in [1.807, 2.05) is 42.5 Å². The van der Waals surface area contributed by atoms with Gasteiger partial charge in [-0.25, -0.2) is 13.5 Å². The highest BCUT2D eigenvalue weighted by Gasteiger charge is 2.39. The molecule has 2 aliphatic rings. The van der Waals surface area contributed by atoms with E-state index in [4.69, 9.17) is 9.84 Å². The standard InChI is InChI=1S/C31H28F2N4O3S/c1-40-23-12-10-22(11-13-23)37-31-28(29(34-37)20-7-3-2-4-8-20)30(24-14-9-21(32)17-25(24)33)41-19-27(39)36(31)18-26(38)35-15-5-6-16-35/h2-4,7-14,17,30H,5-6,15-16,18-19H2,1H3/t30-/m0/s1. The molecule has 1 fully saturated rings. The largest absolute Gasteiger partial charge is 0.497 e. The normalized spacial score (nSPS) is 17.0. The molecule has 2 amide bonds. The zero-order valence-corrected chi connectivity index (χ0v) is 23.2. The molecular weight excluding hydrogens is 546 g/mol. The van der Waals surface area contributed by atoms with E-state index in [2.05, 4.69) is 0 Å². The lowest BCUT2D eigenvalue weighted by Crippen LogP contribution is -2.43. The first-order valence-corrected chi connectivity index (χ1v) is 14.5. The van der Waals surface area contributed by atoms with Gasteiger partial charge in [0.05, 0.1) is 29.5 Å². The fourth-order valence-electron chi connectivity index (χ4n) is 5.39. The summed E-state index contributed by atoms with van der Waals surface area (Å²) >= 11 is 1.24. The van der Waals surface area contributed by atoms with Crippen LogP contribution in [0.5, 0.6) is 5.75 Å². The van der Waals surface area contributed by atoms with Gasteiger partial charge in [-0.05, 0) is 43.2 Å². The number of fused-ring (bicyclic) bond motifs is 1. The van der Waals surface area contributed by atoms with Gasteiger partial charge in [0.25, 0.3) is 0 Å². The van der Waals surface area contributed by atoms with Crippen molar-refractivity contribution in [2.75, 3.05) is 37.4 Å². The molecule has 0 bridgehead atoms. The van der Waals surface area contributed by atoms with E-state index in [-0.39, 0.29) is 29.7 Å². The van der Waals surface area contributed by atoms with Gasteiger partial charge in [-0.3, -0.25) is 14.5 Å². The molecule has 0 saturated carbocycles. The van der Waals surface area contributed by atoms with Crippen LogP contribution in [-0.4, -0.2) is 59.0 Å². The van der Waals surface area contributed by atoms with Crippen molar-refractivity contribution in [3.8, 4) is 22.7 Å². The minimum atomic E-state index is -0.710. The summed E-state index contributed by atoms with van der Waals surface area (Å²) in [5.41, 5.74) is 2.78. The first kappa shape index (κ1) is 27.0. The van der Waals surface area contributed by atoms with Crippen molar-refractivity contribution in [2.24, 2.45) is 0 Å². The second kappa shape index (κ2) is 11.4. The number of aromatic nitrogens is 2. The van der Waals surface area contributed by atoms with Crippen LogP contribution in [0.3, 0.4) is 0 Å². The zero-order chi connectivity index (χ0) is 28.5. The maximum atomic E-state index is 15.4. The summed E-state index contributed by atoms with van der Waals surface area (Å²) in [6, 6.07) is 20.1. The van der Waals surface area contributed by atoms with Crippen LogP contribution in [0.4, 0.5) is 14.6 Å². The number of ether oxygens (including phenoxy) is 1.